The van der Waals surface area contributed by atoms with Crippen molar-refractivity contribution in [2.75, 3.05) is 0 Å². The molecule has 7 rings (SSSR count). The SMILES string of the molecule is c1ccc(C23CC4CC(c5ccccc5)(C2)CC(c2ccccn2)(C4)C3)cc1. The van der Waals surface area contributed by atoms with Gasteiger partial charge < -0.3 is 0 Å². The largest absolute Gasteiger partial charge is 0.261 e. The van der Waals surface area contributed by atoms with E-state index in [9.17, 15) is 0 Å². The number of aromatic nitrogens is 1. The molecule has 4 saturated carbocycles. The highest BCUT2D eigenvalue weighted by Crippen LogP contribution is 2.70. The Morgan fingerprint density at radius 2 is 1.07 bits per heavy atom. The van der Waals surface area contributed by atoms with Crippen molar-refractivity contribution in [3.63, 3.8) is 0 Å². The number of rotatable bonds is 3. The summed E-state index contributed by atoms with van der Waals surface area (Å²) in [7, 11) is 0. The number of hydrogen-bond acceptors (Lipinski definition) is 1. The summed E-state index contributed by atoms with van der Waals surface area (Å²) in [4.78, 5) is 4.92. The van der Waals surface area contributed by atoms with Crippen LogP contribution in [-0.2, 0) is 16.2 Å². The smallest absolute Gasteiger partial charge is 0.0466 e. The van der Waals surface area contributed by atoms with Crippen molar-refractivity contribution in [1.29, 1.82) is 0 Å². The molecule has 2 aromatic carbocycles. The van der Waals surface area contributed by atoms with E-state index in [1.54, 1.807) is 11.1 Å². The molecule has 0 radical (unpaired) electrons. The van der Waals surface area contributed by atoms with E-state index in [4.69, 9.17) is 4.98 Å². The molecule has 28 heavy (non-hydrogen) atoms. The minimum Gasteiger partial charge on any atom is -0.261 e. The highest BCUT2D eigenvalue weighted by Gasteiger charge is 2.64. The van der Waals surface area contributed by atoms with Gasteiger partial charge in [0.05, 0.1) is 0 Å². The standard InChI is InChI=1S/C27H27N/c1-3-9-22(10-4-1)25-15-21-16-26(18-25,23-11-5-2-6-12-23)20-27(17-21,19-25)24-13-7-8-14-28-24/h1-14,21H,15-20H2. The van der Waals surface area contributed by atoms with Gasteiger partial charge in [0.15, 0.2) is 0 Å². The zero-order chi connectivity index (χ0) is 18.7. The molecule has 1 heteroatoms. The first-order valence-corrected chi connectivity index (χ1v) is 10.7. The Morgan fingerprint density at radius 1 is 0.571 bits per heavy atom. The van der Waals surface area contributed by atoms with Crippen LogP contribution in [0, 0.1) is 5.92 Å². The summed E-state index contributed by atoms with van der Waals surface area (Å²) in [6.07, 6.45) is 9.81. The summed E-state index contributed by atoms with van der Waals surface area (Å²) in [5.41, 5.74) is 5.23. The molecule has 4 fully saturated rings. The Labute approximate surface area is 167 Å². The molecule has 0 saturated heterocycles. The summed E-state index contributed by atoms with van der Waals surface area (Å²) < 4.78 is 0. The van der Waals surface area contributed by atoms with Gasteiger partial charge in [0.25, 0.3) is 0 Å². The highest BCUT2D eigenvalue weighted by atomic mass is 14.8. The fraction of sp³-hybridized carbons (Fsp3) is 0.370. The summed E-state index contributed by atoms with van der Waals surface area (Å²) in [5, 5.41) is 0. The minimum atomic E-state index is 0.215. The first-order chi connectivity index (χ1) is 13.7. The molecule has 0 N–H and O–H groups in total. The van der Waals surface area contributed by atoms with Gasteiger partial charge >= 0.3 is 0 Å². The van der Waals surface area contributed by atoms with Crippen LogP contribution < -0.4 is 0 Å². The van der Waals surface area contributed by atoms with Gasteiger partial charge in [0.1, 0.15) is 0 Å². The predicted octanol–water partition coefficient (Wildman–Crippen LogP) is 6.19. The summed E-state index contributed by atoms with van der Waals surface area (Å²) in [6.45, 7) is 0. The maximum atomic E-state index is 4.92. The summed E-state index contributed by atoms with van der Waals surface area (Å²) >= 11 is 0. The van der Waals surface area contributed by atoms with Crippen LogP contribution in [0.1, 0.15) is 55.3 Å². The molecule has 140 valence electrons. The van der Waals surface area contributed by atoms with Crippen LogP contribution in [-0.4, -0.2) is 4.98 Å². The molecular formula is C27H27N. The lowest BCUT2D eigenvalue weighted by molar-refractivity contribution is -0.0510. The number of benzene rings is 2. The number of pyridine rings is 1. The van der Waals surface area contributed by atoms with E-state index < -0.39 is 0 Å². The Kier molecular flexibility index (Phi) is 3.42. The molecule has 0 aliphatic heterocycles. The van der Waals surface area contributed by atoms with Crippen molar-refractivity contribution in [2.24, 2.45) is 5.92 Å². The Hall–Kier alpha value is -2.41. The van der Waals surface area contributed by atoms with Gasteiger partial charge in [-0.05, 0) is 78.5 Å². The average Bonchev–Trinajstić information content (AvgIpc) is 2.75. The molecule has 3 aromatic rings. The minimum absolute atomic E-state index is 0.215. The lowest BCUT2D eigenvalue weighted by Crippen LogP contribution is -2.62. The molecule has 2 unspecified atom stereocenters. The molecule has 4 aliphatic carbocycles. The third-order valence-electron chi connectivity index (χ3n) is 8.05. The first kappa shape index (κ1) is 16.5. The second-order valence-corrected chi connectivity index (χ2v) is 9.80. The molecule has 4 aliphatic rings. The van der Waals surface area contributed by atoms with E-state index in [2.05, 4.69) is 78.9 Å². The van der Waals surface area contributed by atoms with E-state index in [1.807, 2.05) is 6.20 Å². The topological polar surface area (TPSA) is 12.9 Å². The van der Waals surface area contributed by atoms with Crippen LogP contribution in [0.25, 0.3) is 0 Å². The Bertz CT molecular complexity index is 839. The van der Waals surface area contributed by atoms with Crippen LogP contribution in [0.5, 0.6) is 0 Å². The fourth-order valence-corrected chi connectivity index (χ4v) is 7.63. The van der Waals surface area contributed by atoms with Gasteiger partial charge in [0, 0.05) is 17.3 Å². The second kappa shape index (κ2) is 5.80. The van der Waals surface area contributed by atoms with E-state index in [0.717, 1.165) is 5.92 Å². The van der Waals surface area contributed by atoms with Gasteiger partial charge in [-0.1, -0.05) is 66.7 Å². The van der Waals surface area contributed by atoms with Crippen LogP contribution in [0.4, 0.5) is 0 Å². The normalized spacial score (nSPS) is 35.8. The highest BCUT2D eigenvalue weighted by molar-refractivity contribution is 5.42. The van der Waals surface area contributed by atoms with Crippen molar-refractivity contribution in [1.82, 2.24) is 4.98 Å². The van der Waals surface area contributed by atoms with Gasteiger partial charge in [-0.15, -0.1) is 0 Å². The van der Waals surface area contributed by atoms with E-state index in [1.165, 1.54) is 44.2 Å². The van der Waals surface area contributed by atoms with Crippen molar-refractivity contribution < 1.29 is 0 Å². The Morgan fingerprint density at radius 3 is 1.61 bits per heavy atom. The van der Waals surface area contributed by atoms with Gasteiger partial charge in [-0.3, -0.25) is 4.98 Å². The molecule has 1 nitrogen and oxygen atoms in total. The molecule has 0 spiro atoms. The predicted molar refractivity (Wildman–Crippen MR) is 113 cm³/mol. The maximum absolute atomic E-state index is 4.92. The lowest BCUT2D eigenvalue weighted by atomic mass is 9.37. The van der Waals surface area contributed by atoms with E-state index in [-0.39, 0.29) is 16.2 Å². The van der Waals surface area contributed by atoms with Gasteiger partial charge in [-0.2, -0.15) is 0 Å². The van der Waals surface area contributed by atoms with E-state index >= 15 is 0 Å². The van der Waals surface area contributed by atoms with Crippen LogP contribution >= 0.6 is 0 Å². The third kappa shape index (κ3) is 2.28. The fourth-order valence-electron chi connectivity index (χ4n) is 7.63. The number of hydrogen-bond donors (Lipinski definition) is 0. The van der Waals surface area contributed by atoms with Gasteiger partial charge in [0.2, 0.25) is 0 Å². The van der Waals surface area contributed by atoms with E-state index in [0.29, 0.717) is 0 Å². The third-order valence-corrected chi connectivity index (χ3v) is 8.05. The Balaban J connectivity index is 1.56. The van der Waals surface area contributed by atoms with Crippen LogP contribution in [0.15, 0.2) is 85.1 Å². The summed E-state index contributed by atoms with van der Waals surface area (Å²) in [5.74, 6) is 0.790. The van der Waals surface area contributed by atoms with Crippen LogP contribution in [0.2, 0.25) is 0 Å². The van der Waals surface area contributed by atoms with Crippen molar-refractivity contribution in [3.05, 3.63) is 102 Å². The summed E-state index contributed by atoms with van der Waals surface area (Å²) in [6, 6.07) is 29.3. The first-order valence-electron chi connectivity index (χ1n) is 10.7. The zero-order valence-corrected chi connectivity index (χ0v) is 16.4. The molecule has 1 heterocycles. The average molecular weight is 366 g/mol. The quantitative estimate of drug-likeness (QED) is 0.539. The molecule has 2 atom stereocenters. The van der Waals surface area contributed by atoms with Crippen molar-refractivity contribution in [3.8, 4) is 0 Å². The lowest BCUT2D eigenvalue weighted by Gasteiger charge is -2.67. The molecule has 0 amide bonds. The maximum Gasteiger partial charge on any atom is 0.0466 e. The molecule has 4 bridgehead atoms. The van der Waals surface area contributed by atoms with Crippen molar-refractivity contribution >= 4 is 0 Å². The molecule has 1 aromatic heterocycles. The number of nitrogens with zero attached hydrogens (tertiary/aromatic N) is 1. The van der Waals surface area contributed by atoms with Crippen LogP contribution in [0.3, 0.4) is 0 Å². The second-order valence-electron chi connectivity index (χ2n) is 9.80. The molecular weight excluding hydrogens is 338 g/mol. The monoisotopic (exact) mass is 365 g/mol. The van der Waals surface area contributed by atoms with Gasteiger partial charge in [-0.25, -0.2) is 0 Å². The van der Waals surface area contributed by atoms with Crippen molar-refractivity contribution in [2.45, 2.75) is 54.8 Å². The zero-order valence-electron chi connectivity index (χ0n) is 16.4.